The minimum atomic E-state index is -0.206. The number of hydrogen-bond donors (Lipinski definition) is 1. The van der Waals surface area contributed by atoms with Crippen LogP contribution in [0.3, 0.4) is 0 Å². The SMILES string of the molecule is O=C1CC(C(=O)N2CC=C(c3cccc4ccccc34)C2)CN1. The highest BCUT2D eigenvalue weighted by atomic mass is 16.2. The highest BCUT2D eigenvalue weighted by Gasteiger charge is 2.32. The lowest BCUT2D eigenvalue weighted by Gasteiger charge is -2.20. The molecule has 1 fully saturated rings. The smallest absolute Gasteiger partial charge is 0.228 e. The van der Waals surface area contributed by atoms with Crippen LogP contribution >= 0.6 is 0 Å². The summed E-state index contributed by atoms with van der Waals surface area (Å²) in [4.78, 5) is 25.7. The van der Waals surface area contributed by atoms with Crippen LogP contribution in [-0.2, 0) is 9.59 Å². The molecular weight excluding hydrogens is 288 g/mol. The van der Waals surface area contributed by atoms with E-state index < -0.39 is 0 Å². The van der Waals surface area contributed by atoms with Crippen LogP contribution in [0.25, 0.3) is 16.3 Å². The lowest BCUT2D eigenvalue weighted by molar-refractivity contribution is -0.134. The van der Waals surface area contributed by atoms with Crippen LogP contribution < -0.4 is 5.32 Å². The first-order chi connectivity index (χ1) is 11.2. The standard InChI is InChI=1S/C19H18N2O2/c22-18-10-15(11-20-18)19(23)21-9-8-14(12-21)17-7-3-5-13-4-1-2-6-16(13)17/h1-8,15H,9-12H2,(H,20,22). The predicted octanol–water partition coefficient (Wildman–Crippen LogP) is 2.20. The maximum atomic E-state index is 12.5. The van der Waals surface area contributed by atoms with Gasteiger partial charge in [0.1, 0.15) is 0 Å². The van der Waals surface area contributed by atoms with E-state index in [1.54, 1.807) is 0 Å². The number of nitrogens with zero attached hydrogens (tertiary/aromatic N) is 1. The van der Waals surface area contributed by atoms with Gasteiger partial charge in [-0.3, -0.25) is 9.59 Å². The Hall–Kier alpha value is -2.62. The fraction of sp³-hybridized carbons (Fsp3) is 0.263. The molecule has 1 N–H and O–H groups in total. The topological polar surface area (TPSA) is 49.4 Å². The molecule has 1 unspecified atom stereocenters. The van der Waals surface area contributed by atoms with Crippen LogP contribution in [-0.4, -0.2) is 36.3 Å². The molecule has 2 aliphatic heterocycles. The number of fused-ring (bicyclic) bond motifs is 1. The van der Waals surface area contributed by atoms with Gasteiger partial charge in [0.25, 0.3) is 0 Å². The number of carbonyl (C=O) groups is 2. The summed E-state index contributed by atoms with van der Waals surface area (Å²) in [7, 11) is 0. The fourth-order valence-corrected chi connectivity index (χ4v) is 3.46. The van der Waals surface area contributed by atoms with Gasteiger partial charge in [-0.25, -0.2) is 0 Å². The van der Waals surface area contributed by atoms with Crippen molar-refractivity contribution in [2.75, 3.05) is 19.6 Å². The summed E-state index contributed by atoms with van der Waals surface area (Å²) in [6.45, 7) is 1.72. The second-order valence-corrected chi connectivity index (χ2v) is 6.18. The Balaban J connectivity index is 1.56. The van der Waals surface area contributed by atoms with Crippen molar-refractivity contribution in [3.05, 3.63) is 54.1 Å². The number of amides is 2. The van der Waals surface area contributed by atoms with Gasteiger partial charge >= 0.3 is 0 Å². The molecule has 2 aromatic carbocycles. The van der Waals surface area contributed by atoms with Crippen LogP contribution in [0.15, 0.2) is 48.5 Å². The number of rotatable bonds is 2. The summed E-state index contributed by atoms with van der Waals surface area (Å²) >= 11 is 0. The molecule has 0 radical (unpaired) electrons. The third-order valence-corrected chi connectivity index (χ3v) is 4.69. The second kappa shape index (κ2) is 5.54. The largest absolute Gasteiger partial charge is 0.355 e. The highest BCUT2D eigenvalue weighted by molar-refractivity contribution is 5.96. The number of nitrogens with one attached hydrogen (secondary N) is 1. The fourth-order valence-electron chi connectivity index (χ4n) is 3.46. The molecule has 2 amide bonds. The van der Waals surface area contributed by atoms with E-state index in [4.69, 9.17) is 0 Å². The van der Waals surface area contributed by atoms with Crippen molar-refractivity contribution in [3.63, 3.8) is 0 Å². The van der Waals surface area contributed by atoms with Crippen LogP contribution in [0.2, 0.25) is 0 Å². The predicted molar refractivity (Wildman–Crippen MR) is 89.6 cm³/mol. The first kappa shape index (κ1) is 14.0. The van der Waals surface area contributed by atoms with Crippen molar-refractivity contribution in [2.45, 2.75) is 6.42 Å². The van der Waals surface area contributed by atoms with Gasteiger partial charge in [0.15, 0.2) is 0 Å². The molecule has 0 saturated carbocycles. The molecule has 0 aliphatic carbocycles. The summed E-state index contributed by atoms with van der Waals surface area (Å²) < 4.78 is 0. The molecule has 4 heteroatoms. The first-order valence-electron chi connectivity index (χ1n) is 7.95. The van der Waals surface area contributed by atoms with Gasteiger partial charge in [-0.15, -0.1) is 0 Å². The molecule has 0 aromatic heterocycles. The van der Waals surface area contributed by atoms with E-state index in [9.17, 15) is 9.59 Å². The summed E-state index contributed by atoms with van der Waals surface area (Å²) in [5.41, 5.74) is 2.38. The lowest BCUT2D eigenvalue weighted by Crippen LogP contribution is -2.35. The third-order valence-electron chi connectivity index (χ3n) is 4.69. The number of benzene rings is 2. The van der Waals surface area contributed by atoms with E-state index in [-0.39, 0.29) is 17.7 Å². The van der Waals surface area contributed by atoms with Crippen LogP contribution in [0.1, 0.15) is 12.0 Å². The average molecular weight is 306 g/mol. The Bertz CT molecular complexity index is 820. The van der Waals surface area contributed by atoms with Gasteiger partial charge < -0.3 is 10.2 Å². The minimum Gasteiger partial charge on any atom is -0.355 e. The number of carbonyl (C=O) groups excluding carboxylic acids is 2. The van der Waals surface area contributed by atoms with Crippen LogP contribution in [0, 0.1) is 5.92 Å². The van der Waals surface area contributed by atoms with Crippen molar-refractivity contribution >= 4 is 28.2 Å². The number of hydrogen-bond acceptors (Lipinski definition) is 2. The lowest BCUT2D eigenvalue weighted by atomic mass is 9.99. The van der Waals surface area contributed by atoms with E-state index >= 15 is 0 Å². The molecule has 2 heterocycles. The van der Waals surface area contributed by atoms with Gasteiger partial charge in [0, 0.05) is 26.1 Å². The molecule has 0 spiro atoms. The first-order valence-corrected chi connectivity index (χ1v) is 7.95. The molecular formula is C19H18N2O2. The van der Waals surface area contributed by atoms with E-state index in [1.807, 2.05) is 17.0 Å². The Labute approximate surface area is 134 Å². The van der Waals surface area contributed by atoms with Crippen molar-refractivity contribution < 1.29 is 9.59 Å². The van der Waals surface area contributed by atoms with Gasteiger partial charge in [-0.1, -0.05) is 48.5 Å². The quantitative estimate of drug-likeness (QED) is 0.925. The third kappa shape index (κ3) is 2.50. The molecule has 23 heavy (non-hydrogen) atoms. The molecule has 4 rings (SSSR count). The maximum Gasteiger partial charge on any atom is 0.228 e. The molecule has 1 saturated heterocycles. The summed E-state index contributed by atoms with van der Waals surface area (Å²) in [6, 6.07) is 14.6. The second-order valence-electron chi connectivity index (χ2n) is 6.18. The van der Waals surface area contributed by atoms with Crippen LogP contribution in [0.5, 0.6) is 0 Å². The zero-order chi connectivity index (χ0) is 15.8. The van der Waals surface area contributed by atoms with Gasteiger partial charge in [0.2, 0.25) is 11.8 Å². The van der Waals surface area contributed by atoms with Gasteiger partial charge in [0.05, 0.1) is 5.92 Å². The van der Waals surface area contributed by atoms with Crippen molar-refractivity contribution in [3.8, 4) is 0 Å². The summed E-state index contributed by atoms with van der Waals surface area (Å²) in [5.74, 6) is -0.151. The van der Waals surface area contributed by atoms with E-state index in [2.05, 4.69) is 41.7 Å². The van der Waals surface area contributed by atoms with Gasteiger partial charge in [-0.05, 0) is 21.9 Å². The zero-order valence-corrected chi connectivity index (χ0v) is 12.8. The minimum absolute atomic E-state index is 0.0233. The molecule has 2 aliphatic rings. The van der Waals surface area contributed by atoms with E-state index in [0.29, 0.717) is 26.1 Å². The molecule has 1 atom stereocenters. The van der Waals surface area contributed by atoms with E-state index in [0.717, 1.165) is 0 Å². The van der Waals surface area contributed by atoms with Gasteiger partial charge in [-0.2, -0.15) is 0 Å². The van der Waals surface area contributed by atoms with E-state index in [1.165, 1.54) is 21.9 Å². The summed E-state index contributed by atoms with van der Waals surface area (Å²) in [5, 5.41) is 5.16. The van der Waals surface area contributed by atoms with Crippen molar-refractivity contribution in [2.24, 2.45) is 5.92 Å². The Morgan fingerprint density at radius 3 is 2.78 bits per heavy atom. The Morgan fingerprint density at radius 2 is 1.96 bits per heavy atom. The average Bonchev–Trinajstić information content (AvgIpc) is 3.23. The van der Waals surface area contributed by atoms with Crippen molar-refractivity contribution in [1.29, 1.82) is 0 Å². The molecule has 4 nitrogen and oxygen atoms in total. The zero-order valence-electron chi connectivity index (χ0n) is 12.8. The molecule has 116 valence electrons. The summed E-state index contributed by atoms with van der Waals surface area (Å²) in [6.07, 6.45) is 2.45. The molecule has 2 aromatic rings. The highest BCUT2D eigenvalue weighted by Crippen LogP contribution is 2.29. The Morgan fingerprint density at radius 1 is 1.13 bits per heavy atom. The Kier molecular flexibility index (Phi) is 3.37. The van der Waals surface area contributed by atoms with Crippen LogP contribution in [0.4, 0.5) is 0 Å². The maximum absolute atomic E-state index is 12.5. The van der Waals surface area contributed by atoms with Crippen molar-refractivity contribution in [1.82, 2.24) is 10.2 Å². The normalized spacial score (nSPS) is 20.7. The molecule has 0 bridgehead atoms. The monoisotopic (exact) mass is 306 g/mol.